The molecule has 3 nitrogen and oxygen atoms in total. The maximum atomic E-state index is 11.6. The lowest BCUT2D eigenvalue weighted by Crippen LogP contribution is -2.39. The van der Waals surface area contributed by atoms with Crippen LogP contribution in [-0.2, 0) is 4.79 Å². The molecule has 0 bridgehead atoms. The molecule has 0 aliphatic heterocycles. The van der Waals surface area contributed by atoms with Crippen molar-refractivity contribution in [2.24, 2.45) is 5.73 Å². The van der Waals surface area contributed by atoms with E-state index in [2.05, 4.69) is 0 Å². The van der Waals surface area contributed by atoms with Crippen molar-refractivity contribution < 1.29 is 4.79 Å². The second-order valence-corrected chi connectivity index (χ2v) is 4.03. The van der Waals surface area contributed by atoms with Gasteiger partial charge in [-0.25, -0.2) is 0 Å². The summed E-state index contributed by atoms with van der Waals surface area (Å²) >= 11 is 5.97. The first-order chi connectivity index (χ1) is 6.93. The van der Waals surface area contributed by atoms with Crippen LogP contribution in [0.15, 0.2) is 18.2 Å². The molecular weight excluding hydrogens is 212 g/mol. The van der Waals surface area contributed by atoms with Crippen LogP contribution in [0.25, 0.3) is 0 Å². The van der Waals surface area contributed by atoms with E-state index in [9.17, 15) is 4.79 Å². The lowest BCUT2D eigenvalue weighted by Gasteiger charge is -2.19. The van der Waals surface area contributed by atoms with E-state index < -0.39 is 6.04 Å². The first-order valence-corrected chi connectivity index (χ1v) is 5.10. The molecule has 4 heteroatoms. The molecular formula is C11H15ClN2O. The van der Waals surface area contributed by atoms with Gasteiger partial charge in [0.2, 0.25) is 5.91 Å². The summed E-state index contributed by atoms with van der Waals surface area (Å²) in [6.07, 6.45) is 0. The van der Waals surface area contributed by atoms with Crippen molar-refractivity contribution in [1.82, 2.24) is 0 Å². The molecule has 0 saturated heterocycles. The summed E-state index contributed by atoms with van der Waals surface area (Å²) in [4.78, 5) is 13.1. The molecule has 82 valence electrons. The smallest absolute Gasteiger partial charge is 0.243 e. The van der Waals surface area contributed by atoms with Gasteiger partial charge >= 0.3 is 0 Å². The van der Waals surface area contributed by atoms with Gasteiger partial charge in [-0.05, 0) is 31.5 Å². The number of carbonyl (C=O) groups is 1. The fourth-order valence-corrected chi connectivity index (χ4v) is 1.40. The van der Waals surface area contributed by atoms with Crippen molar-refractivity contribution in [2.75, 3.05) is 11.9 Å². The number of nitrogens with two attached hydrogens (primary N) is 1. The van der Waals surface area contributed by atoms with E-state index in [1.54, 1.807) is 20.0 Å². The fraction of sp³-hybridized carbons (Fsp3) is 0.364. The lowest BCUT2D eigenvalue weighted by atomic mass is 10.2. The summed E-state index contributed by atoms with van der Waals surface area (Å²) < 4.78 is 0. The van der Waals surface area contributed by atoms with Crippen LogP contribution in [0.5, 0.6) is 0 Å². The molecule has 0 heterocycles. The normalized spacial score (nSPS) is 12.3. The Morgan fingerprint density at radius 2 is 2.13 bits per heavy atom. The maximum absolute atomic E-state index is 11.6. The highest BCUT2D eigenvalue weighted by Crippen LogP contribution is 2.22. The second kappa shape index (κ2) is 4.64. The van der Waals surface area contributed by atoms with Crippen molar-refractivity contribution in [3.63, 3.8) is 0 Å². The zero-order valence-corrected chi connectivity index (χ0v) is 9.88. The first-order valence-electron chi connectivity index (χ1n) is 4.72. The number of hydrogen-bond acceptors (Lipinski definition) is 2. The SMILES string of the molecule is Cc1ccc(N(C)C(=O)[C@H](C)N)cc1Cl. The van der Waals surface area contributed by atoms with Crippen molar-refractivity contribution in [2.45, 2.75) is 19.9 Å². The molecule has 1 atom stereocenters. The standard InChI is InChI=1S/C11H15ClN2O/c1-7-4-5-9(6-10(7)12)14(3)11(15)8(2)13/h4-6,8H,13H2,1-3H3/t8-/m0/s1. The monoisotopic (exact) mass is 226 g/mol. The molecule has 2 N–H and O–H groups in total. The number of amides is 1. The van der Waals surface area contributed by atoms with Crippen LogP contribution in [0, 0.1) is 6.92 Å². The number of nitrogens with zero attached hydrogens (tertiary/aromatic N) is 1. The topological polar surface area (TPSA) is 46.3 Å². The van der Waals surface area contributed by atoms with Crippen LogP contribution in [0.3, 0.4) is 0 Å². The minimum absolute atomic E-state index is 0.130. The molecule has 0 aliphatic rings. The largest absolute Gasteiger partial charge is 0.320 e. The molecule has 0 saturated carbocycles. The predicted octanol–water partition coefficient (Wildman–Crippen LogP) is 1.96. The minimum atomic E-state index is -0.505. The van der Waals surface area contributed by atoms with E-state index in [1.165, 1.54) is 4.90 Å². The highest BCUT2D eigenvalue weighted by Gasteiger charge is 2.15. The number of aryl methyl sites for hydroxylation is 1. The van der Waals surface area contributed by atoms with Gasteiger partial charge in [0, 0.05) is 17.8 Å². The van der Waals surface area contributed by atoms with Crippen LogP contribution in [0.2, 0.25) is 5.02 Å². The van der Waals surface area contributed by atoms with E-state index in [1.807, 2.05) is 19.1 Å². The van der Waals surface area contributed by atoms with Gasteiger partial charge in [0.1, 0.15) is 0 Å². The predicted molar refractivity (Wildman–Crippen MR) is 63.2 cm³/mol. The Bertz CT molecular complexity index is 377. The zero-order chi connectivity index (χ0) is 11.6. The summed E-state index contributed by atoms with van der Waals surface area (Å²) in [5.41, 5.74) is 7.26. The van der Waals surface area contributed by atoms with Gasteiger partial charge in [0.25, 0.3) is 0 Å². The number of rotatable bonds is 2. The highest BCUT2D eigenvalue weighted by atomic mass is 35.5. The van der Waals surface area contributed by atoms with Crippen molar-refractivity contribution in [1.29, 1.82) is 0 Å². The Kier molecular flexibility index (Phi) is 3.72. The summed E-state index contributed by atoms with van der Waals surface area (Å²) in [5.74, 6) is -0.130. The molecule has 0 unspecified atom stereocenters. The van der Waals surface area contributed by atoms with E-state index in [0.29, 0.717) is 5.02 Å². The fourth-order valence-electron chi connectivity index (χ4n) is 1.22. The van der Waals surface area contributed by atoms with Gasteiger partial charge in [-0.15, -0.1) is 0 Å². The Balaban J connectivity index is 2.97. The van der Waals surface area contributed by atoms with Crippen molar-refractivity contribution in [3.8, 4) is 0 Å². The molecule has 0 fully saturated rings. The summed E-state index contributed by atoms with van der Waals surface area (Å²) in [6.45, 7) is 3.58. The number of benzene rings is 1. The van der Waals surface area contributed by atoms with Gasteiger partial charge in [-0.1, -0.05) is 17.7 Å². The van der Waals surface area contributed by atoms with E-state index in [4.69, 9.17) is 17.3 Å². The molecule has 1 aromatic carbocycles. The Labute approximate surface area is 94.8 Å². The Morgan fingerprint density at radius 3 is 2.60 bits per heavy atom. The first kappa shape index (κ1) is 12.0. The van der Waals surface area contributed by atoms with Crippen LogP contribution < -0.4 is 10.6 Å². The quantitative estimate of drug-likeness (QED) is 0.838. The average Bonchev–Trinajstić information content (AvgIpc) is 2.19. The maximum Gasteiger partial charge on any atom is 0.243 e. The molecule has 0 aliphatic carbocycles. The number of hydrogen-bond donors (Lipinski definition) is 1. The van der Waals surface area contributed by atoms with Crippen LogP contribution >= 0.6 is 11.6 Å². The number of likely N-dealkylation sites (N-methyl/N-ethyl adjacent to an activating group) is 1. The van der Waals surface area contributed by atoms with E-state index in [-0.39, 0.29) is 5.91 Å². The molecule has 15 heavy (non-hydrogen) atoms. The number of carbonyl (C=O) groups excluding carboxylic acids is 1. The van der Waals surface area contributed by atoms with Crippen molar-refractivity contribution in [3.05, 3.63) is 28.8 Å². The van der Waals surface area contributed by atoms with Gasteiger partial charge in [0.15, 0.2) is 0 Å². The number of anilines is 1. The third-order valence-electron chi connectivity index (χ3n) is 2.26. The minimum Gasteiger partial charge on any atom is -0.320 e. The van der Waals surface area contributed by atoms with Gasteiger partial charge < -0.3 is 10.6 Å². The average molecular weight is 227 g/mol. The summed E-state index contributed by atoms with van der Waals surface area (Å²) in [7, 11) is 1.69. The molecule has 0 aromatic heterocycles. The van der Waals surface area contributed by atoms with Crippen LogP contribution in [-0.4, -0.2) is 19.0 Å². The lowest BCUT2D eigenvalue weighted by molar-refractivity contribution is -0.119. The number of halogens is 1. The Morgan fingerprint density at radius 1 is 1.53 bits per heavy atom. The molecule has 1 amide bonds. The van der Waals surface area contributed by atoms with Gasteiger partial charge in [0.05, 0.1) is 6.04 Å². The molecule has 0 radical (unpaired) electrons. The van der Waals surface area contributed by atoms with E-state index in [0.717, 1.165) is 11.3 Å². The zero-order valence-electron chi connectivity index (χ0n) is 9.12. The van der Waals surface area contributed by atoms with Crippen molar-refractivity contribution >= 4 is 23.2 Å². The van der Waals surface area contributed by atoms with Crippen LogP contribution in [0.4, 0.5) is 5.69 Å². The second-order valence-electron chi connectivity index (χ2n) is 3.62. The third-order valence-corrected chi connectivity index (χ3v) is 2.67. The summed E-state index contributed by atoms with van der Waals surface area (Å²) in [5, 5.41) is 0.650. The van der Waals surface area contributed by atoms with Crippen LogP contribution in [0.1, 0.15) is 12.5 Å². The molecule has 0 spiro atoms. The van der Waals surface area contributed by atoms with E-state index >= 15 is 0 Å². The summed E-state index contributed by atoms with van der Waals surface area (Å²) in [6, 6.07) is 4.98. The highest BCUT2D eigenvalue weighted by molar-refractivity contribution is 6.31. The molecule has 1 aromatic rings. The third kappa shape index (κ3) is 2.70. The Hall–Kier alpha value is -1.06. The molecule has 1 rings (SSSR count). The van der Waals surface area contributed by atoms with Gasteiger partial charge in [-0.3, -0.25) is 4.79 Å². The van der Waals surface area contributed by atoms with Gasteiger partial charge in [-0.2, -0.15) is 0 Å².